The van der Waals surface area contributed by atoms with Gasteiger partial charge in [0.25, 0.3) is 10.9 Å². The van der Waals surface area contributed by atoms with Gasteiger partial charge >= 0.3 is 5.97 Å². The summed E-state index contributed by atoms with van der Waals surface area (Å²) in [5.74, 6) is -0.0216. The zero-order valence-corrected chi connectivity index (χ0v) is 36.3. The monoisotopic (exact) mass is 760 g/mol. The minimum absolute atomic E-state index is 0.0216. The van der Waals surface area contributed by atoms with E-state index in [4.69, 9.17) is 4.74 Å². The van der Waals surface area contributed by atoms with Crippen LogP contribution in [0.5, 0.6) is 0 Å². The van der Waals surface area contributed by atoms with Gasteiger partial charge in [-0.2, -0.15) is 0 Å². The highest BCUT2D eigenvalue weighted by molar-refractivity contribution is 5.73. The predicted octanol–water partition coefficient (Wildman–Crippen LogP) is 12.9. The van der Waals surface area contributed by atoms with E-state index in [9.17, 15) is 14.4 Å². The van der Waals surface area contributed by atoms with Crippen molar-refractivity contribution >= 4 is 17.3 Å². The zero-order valence-electron chi connectivity index (χ0n) is 36.3. The molecule has 2 N–H and O–H groups in total. The molecule has 0 spiro atoms. The average Bonchev–Trinajstić information content (AvgIpc) is 3.17. The Balaban J connectivity index is 2.34. The molecule has 1 rings (SSSR count). The molecule has 0 aliphatic rings. The molecule has 0 heterocycles. The van der Waals surface area contributed by atoms with Gasteiger partial charge in [-0.1, -0.05) is 175 Å². The molecule has 0 aliphatic carbocycles. The number of nitrogens with one attached hydrogen (secondary N) is 2. The van der Waals surface area contributed by atoms with Crippen molar-refractivity contribution in [1.82, 2.24) is 4.90 Å². The highest BCUT2D eigenvalue weighted by atomic mass is 16.5. The third-order valence-electron chi connectivity index (χ3n) is 11.2. The van der Waals surface area contributed by atoms with Gasteiger partial charge in [0, 0.05) is 26.1 Å². The highest BCUT2D eigenvalue weighted by Gasteiger charge is 2.20. The molecule has 0 amide bonds. The lowest BCUT2D eigenvalue weighted by atomic mass is 10.0. The topological polar surface area (TPSA) is 87.7 Å². The molecule has 7 nitrogen and oxygen atoms in total. The van der Waals surface area contributed by atoms with Crippen LogP contribution in [0.4, 0.5) is 11.4 Å². The van der Waals surface area contributed by atoms with E-state index >= 15 is 0 Å². The summed E-state index contributed by atoms with van der Waals surface area (Å²) in [5.41, 5.74) is 0.170. The van der Waals surface area contributed by atoms with Crippen LogP contribution in [0, 0.1) is 0 Å². The largest absolute Gasteiger partial charge is 0.462 e. The van der Waals surface area contributed by atoms with Crippen LogP contribution in [-0.2, 0) is 9.53 Å². The van der Waals surface area contributed by atoms with Crippen LogP contribution in [0.2, 0.25) is 0 Å². The summed E-state index contributed by atoms with van der Waals surface area (Å²) in [4.78, 5) is 40.1. The molecule has 0 saturated carbocycles. The molecule has 0 unspecified atom stereocenters. The average molecular weight is 760 g/mol. The third-order valence-corrected chi connectivity index (χ3v) is 11.2. The number of carbonyl (C=O) groups excluding carboxylic acids is 1. The van der Waals surface area contributed by atoms with Gasteiger partial charge in [0.2, 0.25) is 0 Å². The number of hydrogen-bond donors (Lipinski definition) is 2. The maximum absolute atomic E-state index is 12.7. The van der Waals surface area contributed by atoms with E-state index in [0.717, 1.165) is 77.4 Å². The molecule has 1 aromatic carbocycles. The van der Waals surface area contributed by atoms with Crippen molar-refractivity contribution in [2.24, 2.45) is 0 Å². The SMILES string of the molecule is CCCCCCCCC(CCCCCCCC)OC(=O)CCCCCCCNc1c(NCCN(CCCCCCCC)CCCCCCCC)c(=O)c1=O. The van der Waals surface area contributed by atoms with Crippen LogP contribution in [0.3, 0.4) is 0 Å². The van der Waals surface area contributed by atoms with Crippen LogP contribution in [-0.4, -0.2) is 49.7 Å². The fourth-order valence-corrected chi connectivity index (χ4v) is 7.58. The summed E-state index contributed by atoms with van der Waals surface area (Å²) >= 11 is 0. The fraction of sp³-hybridized carbons (Fsp3) is 0.894. The van der Waals surface area contributed by atoms with E-state index in [1.54, 1.807) is 0 Å². The first kappa shape index (κ1) is 50.1. The third kappa shape index (κ3) is 26.8. The summed E-state index contributed by atoms with van der Waals surface area (Å²) in [6.07, 6.45) is 38.4. The highest BCUT2D eigenvalue weighted by Crippen LogP contribution is 2.19. The van der Waals surface area contributed by atoms with Gasteiger partial charge in [-0.15, -0.1) is 0 Å². The minimum Gasteiger partial charge on any atom is -0.462 e. The summed E-state index contributed by atoms with van der Waals surface area (Å²) in [6, 6.07) is 0. The molecular formula is C47H89N3O4. The van der Waals surface area contributed by atoms with Gasteiger partial charge in [0.15, 0.2) is 0 Å². The predicted molar refractivity (Wildman–Crippen MR) is 235 cm³/mol. The maximum Gasteiger partial charge on any atom is 0.306 e. The molecule has 54 heavy (non-hydrogen) atoms. The molecule has 0 bridgehead atoms. The fourth-order valence-electron chi connectivity index (χ4n) is 7.58. The lowest BCUT2D eigenvalue weighted by molar-refractivity contribution is -0.150. The Bertz CT molecular complexity index is 1020. The van der Waals surface area contributed by atoms with Crippen molar-refractivity contribution in [3.8, 4) is 0 Å². The van der Waals surface area contributed by atoms with E-state index < -0.39 is 5.43 Å². The molecule has 7 heteroatoms. The Kier molecular flexibility index (Phi) is 34.1. The first-order chi connectivity index (χ1) is 26.5. The van der Waals surface area contributed by atoms with Crippen molar-refractivity contribution in [3.63, 3.8) is 0 Å². The van der Waals surface area contributed by atoms with Crippen molar-refractivity contribution in [1.29, 1.82) is 0 Å². The summed E-state index contributed by atoms with van der Waals surface area (Å²) in [7, 11) is 0. The standard InChI is InChI=1S/C47H89N3O4/c1-5-9-13-17-22-28-34-42(35-29-23-18-14-10-6-2)54-43(51)36-30-24-21-25-31-37-48-44-45(47(53)46(44)52)49-38-41-50(39-32-26-19-15-11-7-3)40-33-27-20-16-12-8-4/h42,48-49H,5-41H2,1-4H3. The number of rotatable bonds is 42. The van der Waals surface area contributed by atoms with E-state index in [1.807, 2.05) is 0 Å². The van der Waals surface area contributed by atoms with Crippen LogP contribution >= 0.6 is 0 Å². The normalized spacial score (nSPS) is 11.7. The van der Waals surface area contributed by atoms with E-state index in [2.05, 4.69) is 43.2 Å². The van der Waals surface area contributed by atoms with Crippen LogP contribution in [0.1, 0.15) is 233 Å². The minimum atomic E-state index is -0.390. The lowest BCUT2D eigenvalue weighted by Gasteiger charge is -2.23. The number of hydrogen-bond acceptors (Lipinski definition) is 7. The van der Waals surface area contributed by atoms with Gasteiger partial charge < -0.3 is 20.3 Å². The van der Waals surface area contributed by atoms with Crippen molar-refractivity contribution in [2.45, 2.75) is 239 Å². The van der Waals surface area contributed by atoms with E-state index in [-0.39, 0.29) is 17.5 Å². The van der Waals surface area contributed by atoms with Crippen LogP contribution in [0.25, 0.3) is 0 Å². The quantitative estimate of drug-likeness (QED) is 0.0390. The summed E-state index contributed by atoms with van der Waals surface area (Å²) in [6.45, 7) is 13.5. The first-order valence-corrected chi connectivity index (χ1v) is 23.7. The van der Waals surface area contributed by atoms with Crippen LogP contribution in [0.15, 0.2) is 9.59 Å². The Hall–Kier alpha value is -1.89. The number of esters is 1. The van der Waals surface area contributed by atoms with Gasteiger partial charge in [-0.3, -0.25) is 14.4 Å². The second kappa shape index (κ2) is 36.7. The molecule has 0 fully saturated rings. The van der Waals surface area contributed by atoms with Gasteiger partial charge in [-0.05, 0) is 64.5 Å². The van der Waals surface area contributed by atoms with Crippen molar-refractivity contribution in [3.05, 3.63) is 20.4 Å². The summed E-state index contributed by atoms with van der Waals surface area (Å²) < 4.78 is 6.01. The van der Waals surface area contributed by atoms with Crippen molar-refractivity contribution in [2.75, 3.05) is 43.4 Å². The molecule has 0 radical (unpaired) electrons. The number of anilines is 2. The zero-order chi connectivity index (χ0) is 39.3. The first-order valence-electron chi connectivity index (χ1n) is 23.7. The molecule has 316 valence electrons. The molecule has 0 atom stereocenters. The Morgan fingerprint density at radius 3 is 1.30 bits per heavy atom. The Labute approximate surface area is 334 Å². The number of ether oxygens (including phenoxy) is 1. The number of unbranched alkanes of at least 4 members (excludes halogenated alkanes) is 24. The van der Waals surface area contributed by atoms with Gasteiger partial charge in [-0.25, -0.2) is 0 Å². The summed E-state index contributed by atoms with van der Waals surface area (Å²) in [5, 5.41) is 6.57. The Morgan fingerprint density at radius 2 is 0.833 bits per heavy atom. The molecule has 0 saturated heterocycles. The van der Waals surface area contributed by atoms with Crippen molar-refractivity contribution < 1.29 is 9.53 Å². The van der Waals surface area contributed by atoms with E-state index in [1.165, 1.54) is 141 Å². The second-order valence-corrected chi connectivity index (χ2v) is 16.4. The molecule has 0 aromatic heterocycles. The second-order valence-electron chi connectivity index (χ2n) is 16.4. The molecule has 0 aliphatic heterocycles. The smallest absolute Gasteiger partial charge is 0.306 e. The molecule has 1 aromatic rings. The molecular weight excluding hydrogens is 671 g/mol. The van der Waals surface area contributed by atoms with Crippen LogP contribution < -0.4 is 21.5 Å². The lowest BCUT2D eigenvalue weighted by Crippen LogP contribution is -2.39. The maximum atomic E-state index is 12.7. The number of nitrogens with zero attached hydrogens (tertiary/aromatic N) is 1. The van der Waals surface area contributed by atoms with Gasteiger partial charge in [0.1, 0.15) is 17.5 Å². The van der Waals surface area contributed by atoms with E-state index in [0.29, 0.717) is 30.9 Å². The Morgan fingerprint density at radius 1 is 0.463 bits per heavy atom. The number of carbonyl (C=O) groups is 1. The van der Waals surface area contributed by atoms with Gasteiger partial charge in [0.05, 0.1) is 0 Å².